The molecule has 0 heterocycles. The number of ether oxygens (including phenoxy) is 2. The topological polar surface area (TPSA) is 76.7 Å². The van der Waals surface area contributed by atoms with Gasteiger partial charge in [-0.05, 0) is 37.1 Å². The van der Waals surface area contributed by atoms with Gasteiger partial charge >= 0.3 is 11.8 Å². The lowest BCUT2D eigenvalue weighted by atomic mass is 10.1. The van der Waals surface area contributed by atoms with Gasteiger partial charge in [-0.15, -0.1) is 0 Å². The first kappa shape index (κ1) is 18.3. The number of hydrogen-bond acceptors (Lipinski definition) is 4. The fourth-order valence-corrected chi connectivity index (χ4v) is 2.40. The van der Waals surface area contributed by atoms with Crippen LogP contribution in [0.25, 0.3) is 0 Å². The summed E-state index contributed by atoms with van der Waals surface area (Å²) in [6.07, 6.45) is 0. The first-order valence-electron chi connectivity index (χ1n) is 7.82. The molecule has 2 aromatic carbocycles. The first-order chi connectivity index (χ1) is 11.9. The molecule has 0 atom stereocenters. The lowest BCUT2D eigenvalue weighted by Crippen LogP contribution is -2.35. The molecule has 0 aliphatic rings. The van der Waals surface area contributed by atoms with Crippen molar-refractivity contribution >= 4 is 17.5 Å². The van der Waals surface area contributed by atoms with Crippen LogP contribution in [-0.2, 0) is 16.1 Å². The third-order valence-corrected chi connectivity index (χ3v) is 3.79. The van der Waals surface area contributed by atoms with E-state index in [4.69, 9.17) is 9.47 Å². The third-order valence-electron chi connectivity index (χ3n) is 3.79. The fourth-order valence-electron chi connectivity index (χ4n) is 2.40. The number of carbonyl (C=O) groups excluding carboxylic acids is 2. The van der Waals surface area contributed by atoms with Crippen molar-refractivity contribution in [2.75, 3.05) is 19.5 Å². The first-order valence-corrected chi connectivity index (χ1v) is 7.82. The van der Waals surface area contributed by atoms with Crippen molar-refractivity contribution < 1.29 is 19.1 Å². The maximum atomic E-state index is 12.0. The lowest BCUT2D eigenvalue weighted by Gasteiger charge is -2.11. The Hall–Kier alpha value is -3.02. The Kier molecular flexibility index (Phi) is 6.00. The smallest absolute Gasteiger partial charge is 0.313 e. The Morgan fingerprint density at radius 3 is 2.28 bits per heavy atom. The molecule has 0 radical (unpaired) electrons. The molecule has 132 valence electrons. The molecule has 0 saturated carbocycles. The molecular formula is C19H22N2O4. The van der Waals surface area contributed by atoms with Crippen LogP contribution in [0.1, 0.15) is 16.7 Å². The number of amides is 2. The zero-order chi connectivity index (χ0) is 18.4. The largest absolute Gasteiger partial charge is 0.493 e. The van der Waals surface area contributed by atoms with E-state index >= 15 is 0 Å². The second kappa shape index (κ2) is 8.19. The average molecular weight is 342 g/mol. The summed E-state index contributed by atoms with van der Waals surface area (Å²) in [6.45, 7) is 4.27. The van der Waals surface area contributed by atoms with Gasteiger partial charge in [-0.2, -0.15) is 0 Å². The zero-order valence-electron chi connectivity index (χ0n) is 14.8. The summed E-state index contributed by atoms with van der Waals surface area (Å²) in [5.41, 5.74) is 3.64. The Balaban J connectivity index is 1.97. The summed E-state index contributed by atoms with van der Waals surface area (Å²) in [5, 5.41) is 5.16. The minimum Gasteiger partial charge on any atom is -0.493 e. The monoisotopic (exact) mass is 342 g/mol. The van der Waals surface area contributed by atoms with Gasteiger partial charge in [-0.1, -0.05) is 23.8 Å². The van der Waals surface area contributed by atoms with E-state index in [-0.39, 0.29) is 0 Å². The van der Waals surface area contributed by atoms with Crippen LogP contribution in [-0.4, -0.2) is 26.0 Å². The van der Waals surface area contributed by atoms with Crippen LogP contribution in [0.3, 0.4) is 0 Å². The molecule has 0 aliphatic carbocycles. The highest BCUT2D eigenvalue weighted by Crippen LogP contribution is 2.29. The number of methoxy groups -OCH3 is 2. The standard InChI is InChI=1S/C19H22N2O4/c1-12-5-6-14(13(2)9-12)11-20-18(22)19(23)21-15-7-8-16(24-3)17(10-15)25-4/h5-10H,11H2,1-4H3,(H,20,22)(H,21,23). The Bertz CT molecular complexity index is 787. The van der Waals surface area contributed by atoms with Crippen molar-refractivity contribution in [1.82, 2.24) is 5.32 Å². The Labute approximate surface area is 147 Å². The van der Waals surface area contributed by atoms with Crippen LogP contribution < -0.4 is 20.1 Å². The van der Waals surface area contributed by atoms with E-state index in [2.05, 4.69) is 10.6 Å². The van der Waals surface area contributed by atoms with Gasteiger partial charge in [-0.25, -0.2) is 0 Å². The summed E-state index contributed by atoms with van der Waals surface area (Å²) >= 11 is 0. The highest BCUT2D eigenvalue weighted by atomic mass is 16.5. The van der Waals surface area contributed by atoms with E-state index in [0.29, 0.717) is 23.7 Å². The molecule has 0 fully saturated rings. The average Bonchev–Trinajstić information content (AvgIpc) is 2.60. The summed E-state index contributed by atoms with van der Waals surface area (Å²) in [6, 6.07) is 10.8. The number of rotatable bonds is 5. The van der Waals surface area contributed by atoms with Crippen LogP contribution in [0, 0.1) is 13.8 Å². The van der Waals surface area contributed by atoms with Gasteiger partial charge in [0.05, 0.1) is 14.2 Å². The summed E-state index contributed by atoms with van der Waals surface area (Å²) < 4.78 is 10.3. The molecule has 0 saturated heterocycles. The number of anilines is 1. The van der Waals surface area contributed by atoms with Crippen molar-refractivity contribution in [2.24, 2.45) is 0 Å². The normalized spacial score (nSPS) is 10.1. The fraction of sp³-hybridized carbons (Fsp3) is 0.263. The van der Waals surface area contributed by atoms with Crippen LogP contribution >= 0.6 is 0 Å². The second-order valence-corrected chi connectivity index (χ2v) is 5.64. The van der Waals surface area contributed by atoms with Gasteiger partial charge in [0, 0.05) is 18.3 Å². The van der Waals surface area contributed by atoms with Crippen LogP contribution in [0.2, 0.25) is 0 Å². The highest BCUT2D eigenvalue weighted by molar-refractivity contribution is 6.39. The van der Waals surface area contributed by atoms with Gasteiger partial charge in [-0.3, -0.25) is 9.59 Å². The van der Waals surface area contributed by atoms with Crippen molar-refractivity contribution in [3.8, 4) is 11.5 Å². The minimum absolute atomic E-state index is 0.296. The third kappa shape index (κ3) is 4.73. The summed E-state index contributed by atoms with van der Waals surface area (Å²) in [5.74, 6) is -0.428. The molecule has 0 bridgehead atoms. The van der Waals surface area contributed by atoms with Crippen LogP contribution in [0.15, 0.2) is 36.4 Å². The second-order valence-electron chi connectivity index (χ2n) is 5.64. The van der Waals surface area contributed by atoms with Gasteiger partial charge in [0.2, 0.25) is 0 Å². The minimum atomic E-state index is -0.739. The van der Waals surface area contributed by atoms with Gasteiger partial charge < -0.3 is 20.1 Å². The molecule has 2 N–H and O–H groups in total. The molecule has 6 nitrogen and oxygen atoms in total. The highest BCUT2D eigenvalue weighted by Gasteiger charge is 2.15. The predicted molar refractivity (Wildman–Crippen MR) is 95.9 cm³/mol. The summed E-state index contributed by atoms with van der Waals surface area (Å²) in [4.78, 5) is 24.0. The van der Waals surface area contributed by atoms with Gasteiger partial charge in [0.1, 0.15) is 0 Å². The van der Waals surface area contributed by atoms with Crippen molar-refractivity contribution in [2.45, 2.75) is 20.4 Å². The maximum absolute atomic E-state index is 12.0. The number of aryl methyl sites for hydroxylation is 2. The van der Waals surface area contributed by atoms with E-state index in [0.717, 1.165) is 16.7 Å². The predicted octanol–water partition coefficient (Wildman–Crippen LogP) is 2.58. The van der Waals surface area contributed by atoms with Gasteiger partial charge in [0.25, 0.3) is 0 Å². The molecule has 0 unspecified atom stereocenters. The van der Waals surface area contributed by atoms with Crippen molar-refractivity contribution in [3.63, 3.8) is 0 Å². The van der Waals surface area contributed by atoms with Crippen molar-refractivity contribution in [3.05, 3.63) is 53.1 Å². The Morgan fingerprint density at radius 2 is 1.64 bits per heavy atom. The van der Waals surface area contributed by atoms with E-state index < -0.39 is 11.8 Å². The molecular weight excluding hydrogens is 320 g/mol. The van der Waals surface area contributed by atoms with Crippen LogP contribution in [0.4, 0.5) is 5.69 Å². The van der Waals surface area contributed by atoms with Crippen molar-refractivity contribution in [1.29, 1.82) is 0 Å². The summed E-state index contributed by atoms with van der Waals surface area (Å²) in [7, 11) is 3.02. The van der Waals surface area contributed by atoms with E-state index in [1.807, 2.05) is 32.0 Å². The van der Waals surface area contributed by atoms with E-state index in [9.17, 15) is 9.59 Å². The molecule has 0 aliphatic heterocycles. The number of carbonyl (C=O) groups is 2. The zero-order valence-corrected chi connectivity index (χ0v) is 14.8. The molecule has 2 rings (SSSR count). The molecule has 6 heteroatoms. The molecule has 0 aromatic heterocycles. The van der Waals surface area contributed by atoms with Crippen LogP contribution in [0.5, 0.6) is 11.5 Å². The van der Waals surface area contributed by atoms with E-state index in [1.165, 1.54) is 14.2 Å². The Morgan fingerprint density at radius 1 is 0.920 bits per heavy atom. The molecule has 2 amide bonds. The molecule has 0 spiro atoms. The van der Waals surface area contributed by atoms with Gasteiger partial charge in [0.15, 0.2) is 11.5 Å². The SMILES string of the molecule is COc1ccc(NC(=O)C(=O)NCc2ccc(C)cc2C)cc1OC. The molecule has 2 aromatic rings. The number of benzene rings is 2. The number of hydrogen-bond donors (Lipinski definition) is 2. The molecule has 25 heavy (non-hydrogen) atoms. The quantitative estimate of drug-likeness (QED) is 0.819. The lowest BCUT2D eigenvalue weighted by molar-refractivity contribution is -0.136. The van der Waals surface area contributed by atoms with E-state index in [1.54, 1.807) is 18.2 Å². The maximum Gasteiger partial charge on any atom is 0.313 e. The number of nitrogens with one attached hydrogen (secondary N) is 2.